The summed E-state index contributed by atoms with van der Waals surface area (Å²) in [5.41, 5.74) is 0.676. The largest absolute Gasteiger partial charge is 0.342 e. The lowest BCUT2D eigenvalue weighted by Gasteiger charge is -2.32. The highest BCUT2D eigenvalue weighted by molar-refractivity contribution is 6.06. The van der Waals surface area contributed by atoms with E-state index in [1.807, 2.05) is 24.3 Å². The number of nitrogens with zero attached hydrogens (tertiary/aromatic N) is 3. The highest BCUT2D eigenvalue weighted by Crippen LogP contribution is 2.19. The molecule has 0 saturated carbocycles. The fraction of sp³-hybridized carbons (Fsp3) is 0.267. The molecule has 1 aliphatic heterocycles. The van der Waals surface area contributed by atoms with Crippen molar-refractivity contribution in [2.24, 2.45) is 0 Å². The van der Waals surface area contributed by atoms with Crippen molar-refractivity contribution in [2.75, 3.05) is 26.2 Å². The predicted molar refractivity (Wildman–Crippen MR) is 75.3 cm³/mol. The van der Waals surface area contributed by atoms with Crippen LogP contribution in [-0.2, 0) is 4.79 Å². The summed E-state index contributed by atoms with van der Waals surface area (Å²) < 4.78 is 0. The lowest BCUT2D eigenvalue weighted by molar-refractivity contribution is -0.119. The van der Waals surface area contributed by atoms with Crippen molar-refractivity contribution in [1.29, 1.82) is 0 Å². The van der Waals surface area contributed by atoms with Gasteiger partial charge in [-0.05, 0) is 17.5 Å². The smallest absolute Gasteiger partial charge is 0.254 e. The molecule has 3 rings (SSSR count). The van der Waals surface area contributed by atoms with E-state index in [0.29, 0.717) is 31.7 Å². The maximum absolute atomic E-state index is 12.6. The summed E-state index contributed by atoms with van der Waals surface area (Å²) in [6.45, 7) is 2.35. The molecule has 102 valence electrons. The lowest BCUT2D eigenvalue weighted by Crippen LogP contribution is -2.48. The number of carbonyl (C=O) groups excluding carboxylic acids is 2. The highest BCUT2D eigenvalue weighted by Gasteiger charge is 2.22. The Morgan fingerprint density at radius 2 is 1.95 bits per heavy atom. The molecule has 20 heavy (non-hydrogen) atoms. The molecule has 2 aromatic rings. The molecule has 2 amide bonds. The first-order chi connectivity index (χ1) is 9.79. The third kappa shape index (κ3) is 2.22. The van der Waals surface area contributed by atoms with Crippen LogP contribution in [0.25, 0.3) is 10.8 Å². The quantitative estimate of drug-likeness (QED) is 0.768. The van der Waals surface area contributed by atoms with Gasteiger partial charge < -0.3 is 9.80 Å². The number of piperazine rings is 1. The Kier molecular flexibility index (Phi) is 3.33. The number of amides is 2. The average molecular weight is 269 g/mol. The van der Waals surface area contributed by atoms with E-state index in [1.54, 1.807) is 22.2 Å². The number of hydrogen-bond donors (Lipinski definition) is 0. The normalized spacial score (nSPS) is 15.4. The van der Waals surface area contributed by atoms with Gasteiger partial charge in [0.1, 0.15) is 0 Å². The second kappa shape index (κ2) is 5.28. The summed E-state index contributed by atoms with van der Waals surface area (Å²) >= 11 is 0. The summed E-state index contributed by atoms with van der Waals surface area (Å²) in [5, 5.41) is 1.88. The molecule has 0 spiro atoms. The molecular weight excluding hydrogens is 254 g/mol. The molecule has 0 aliphatic carbocycles. The van der Waals surface area contributed by atoms with Crippen LogP contribution in [0.3, 0.4) is 0 Å². The fourth-order valence-corrected chi connectivity index (χ4v) is 2.50. The second-order valence-corrected chi connectivity index (χ2v) is 4.84. The Morgan fingerprint density at radius 3 is 2.70 bits per heavy atom. The lowest BCUT2D eigenvalue weighted by atomic mass is 10.1. The summed E-state index contributed by atoms with van der Waals surface area (Å²) in [4.78, 5) is 30.9. The average Bonchev–Trinajstić information content (AvgIpc) is 2.54. The standard InChI is InChI=1S/C15H15N3O2/c19-11-17-6-8-18(9-7-17)15(20)13-3-1-2-12-4-5-16-10-14(12)13/h1-5,10-11H,6-9H2. The van der Waals surface area contributed by atoms with Gasteiger partial charge in [-0.1, -0.05) is 12.1 Å². The zero-order chi connectivity index (χ0) is 13.9. The van der Waals surface area contributed by atoms with Crippen LogP contribution in [0.15, 0.2) is 36.7 Å². The summed E-state index contributed by atoms with van der Waals surface area (Å²) in [6.07, 6.45) is 4.29. The van der Waals surface area contributed by atoms with Crippen LogP contribution in [0, 0.1) is 0 Å². The molecule has 1 fully saturated rings. The number of rotatable bonds is 2. The van der Waals surface area contributed by atoms with Gasteiger partial charge in [-0.25, -0.2) is 0 Å². The predicted octanol–water partition coefficient (Wildman–Crippen LogP) is 1.15. The molecule has 5 heteroatoms. The molecule has 0 bridgehead atoms. The van der Waals surface area contributed by atoms with Gasteiger partial charge in [-0.2, -0.15) is 0 Å². The first-order valence-electron chi connectivity index (χ1n) is 6.61. The second-order valence-electron chi connectivity index (χ2n) is 4.84. The minimum atomic E-state index is 0.00847. The molecule has 0 unspecified atom stereocenters. The van der Waals surface area contributed by atoms with E-state index in [0.717, 1.165) is 17.2 Å². The minimum absolute atomic E-state index is 0.00847. The molecular formula is C15H15N3O2. The van der Waals surface area contributed by atoms with Crippen LogP contribution in [-0.4, -0.2) is 53.3 Å². The molecule has 1 saturated heterocycles. The van der Waals surface area contributed by atoms with E-state index in [2.05, 4.69) is 4.98 Å². The number of hydrogen-bond acceptors (Lipinski definition) is 3. The Morgan fingerprint density at radius 1 is 1.15 bits per heavy atom. The number of pyridine rings is 1. The monoisotopic (exact) mass is 269 g/mol. The van der Waals surface area contributed by atoms with E-state index in [1.165, 1.54) is 0 Å². The number of carbonyl (C=O) groups is 2. The molecule has 1 aromatic heterocycles. The van der Waals surface area contributed by atoms with Crippen molar-refractivity contribution >= 4 is 23.1 Å². The molecule has 0 atom stereocenters. The third-order valence-corrected chi connectivity index (χ3v) is 3.66. The van der Waals surface area contributed by atoms with Crippen molar-refractivity contribution in [3.63, 3.8) is 0 Å². The topological polar surface area (TPSA) is 53.5 Å². The summed E-state index contributed by atoms with van der Waals surface area (Å²) in [5.74, 6) is 0.00847. The van der Waals surface area contributed by atoms with Gasteiger partial charge in [0, 0.05) is 49.5 Å². The Balaban J connectivity index is 1.88. The first-order valence-corrected chi connectivity index (χ1v) is 6.61. The number of benzene rings is 1. The first kappa shape index (κ1) is 12.6. The van der Waals surface area contributed by atoms with Gasteiger partial charge >= 0.3 is 0 Å². The van der Waals surface area contributed by atoms with Crippen LogP contribution < -0.4 is 0 Å². The maximum Gasteiger partial charge on any atom is 0.254 e. The molecule has 5 nitrogen and oxygen atoms in total. The molecule has 2 heterocycles. The molecule has 0 N–H and O–H groups in total. The van der Waals surface area contributed by atoms with Crippen LogP contribution in [0.5, 0.6) is 0 Å². The zero-order valence-electron chi connectivity index (χ0n) is 11.0. The Bertz CT molecular complexity index is 643. The van der Waals surface area contributed by atoms with Gasteiger partial charge in [-0.15, -0.1) is 0 Å². The van der Waals surface area contributed by atoms with Crippen LogP contribution in [0.1, 0.15) is 10.4 Å². The van der Waals surface area contributed by atoms with Crippen molar-refractivity contribution in [3.8, 4) is 0 Å². The highest BCUT2D eigenvalue weighted by atomic mass is 16.2. The minimum Gasteiger partial charge on any atom is -0.342 e. The SMILES string of the molecule is O=CN1CCN(C(=O)c2cccc3ccncc23)CC1. The van der Waals surface area contributed by atoms with E-state index in [-0.39, 0.29) is 5.91 Å². The van der Waals surface area contributed by atoms with Crippen molar-refractivity contribution in [2.45, 2.75) is 0 Å². The number of fused-ring (bicyclic) bond motifs is 1. The third-order valence-electron chi connectivity index (χ3n) is 3.66. The van der Waals surface area contributed by atoms with Gasteiger partial charge in [-0.3, -0.25) is 14.6 Å². The molecule has 1 aromatic carbocycles. The van der Waals surface area contributed by atoms with Crippen molar-refractivity contribution in [3.05, 3.63) is 42.2 Å². The van der Waals surface area contributed by atoms with Crippen LogP contribution in [0.4, 0.5) is 0 Å². The van der Waals surface area contributed by atoms with Crippen molar-refractivity contribution in [1.82, 2.24) is 14.8 Å². The maximum atomic E-state index is 12.6. The van der Waals surface area contributed by atoms with Crippen LogP contribution in [0.2, 0.25) is 0 Å². The van der Waals surface area contributed by atoms with Gasteiger partial charge in [0.05, 0.1) is 0 Å². The summed E-state index contributed by atoms with van der Waals surface area (Å²) in [6, 6.07) is 7.59. The van der Waals surface area contributed by atoms with E-state index in [9.17, 15) is 9.59 Å². The van der Waals surface area contributed by atoms with Gasteiger partial charge in [0.2, 0.25) is 6.41 Å². The van der Waals surface area contributed by atoms with Crippen LogP contribution >= 0.6 is 0 Å². The number of aromatic nitrogens is 1. The van der Waals surface area contributed by atoms with E-state index < -0.39 is 0 Å². The van der Waals surface area contributed by atoms with Gasteiger partial charge in [0.15, 0.2) is 0 Å². The summed E-state index contributed by atoms with van der Waals surface area (Å²) in [7, 11) is 0. The van der Waals surface area contributed by atoms with Crippen molar-refractivity contribution < 1.29 is 9.59 Å². The zero-order valence-corrected chi connectivity index (χ0v) is 11.0. The Hall–Kier alpha value is -2.43. The van der Waals surface area contributed by atoms with Gasteiger partial charge in [0.25, 0.3) is 5.91 Å². The Labute approximate surface area is 116 Å². The fourth-order valence-electron chi connectivity index (χ4n) is 2.50. The molecule has 1 aliphatic rings. The van der Waals surface area contributed by atoms with E-state index >= 15 is 0 Å². The molecule has 0 radical (unpaired) electrons. The van der Waals surface area contributed by atoms with E-state index in [4.69, 9.17) is 0 Å².